The number of nitrogens with two attached hydrogens (primary N) is 1. The van der Waals surface area contributed by atoms with E-state index in [1.165, 1.54) is 17.1 Å². The van der Waals surface area contributed by atoms with Gasteiger partial charge < -0.3 is 25.8 Å². The summed E-state index contributed by atoms with van der Waals surface area (Å²) in [5.41, 5.74) is 7.27. The Morgan fingerprint density at radius 3 is 2.86 bits per heavy atom. The number of nitrogen functional groups attached to an aromatic ring is 1. The number of aliphatic hydroxyl groups excluding tert-OH is 3. The Hall–Kier alpha value is -1.74. The summed E-state index contributed by atoms with van der Waals surface area (Å²) in [6.07, 6.45) is -0.684. The Bertz CT molecular complexity index is 661. The summed E-state index contributed by atoms with van der Waals surface area (Å²) < 4.78 is 7.21. The highest BCUT2D eigenvalue weighted by molar-refractivity contribution is 5.83. The molecule has 0 radical (unpaired) electrons. The molecule has 0 aromatic carbocycles. The molecular weight excluding hydrogens is 288 g/mol. The van der Waals surface area contributed by atoms with Gasteiger partial charge in [-0.15, -0.1) is 0 Å². The number of hydrogen-bond acceptors (Lipinski definition) is 7. The number of fused-ring (bicyclic) bond motifs is 1. The molecule has 1 saturated heterocycles. The predicted octanol–water partition coefficient (Wildman–Crippen LogP) is -0.206. The normalized spacial score (nSPS) is 30.0. The van der Waals surface area contributed by atoms with Crippen LogP contribution in [-0.2, 0) is 4.74 Å². The second-order valence-corrected chi connectivity index (χ2v) is 5.55. The Morgan fingerprint density at radius 2 is 2.14 bits per heavy atom. The van der Waals surface area contributed by atoms with Crippen LogP contribution >= 0.6 is 0 Å². The average molecular weight is 308 g/mol. The van der Waals surface area contributed by atoms with Gasteiger partial charge in [-0.3, -0.25) is 4.57 Å². The standard InChI is InChI=1S/C14H20N4O4/c1-2-3-8(19)12-10(20)11(21)14(22-12)18-6-17-9-7(15)4-5-16-13(9)18/h4-6,8,10-12,14,19-21H,2-3H2,1H3,(H2,15,16). The van der Waals surface area contributed by atoms with Crippen molar-refractivity contribution in [3.63, 3.8) is 0 Å². The van der Waals surface area contributed by atoms with Crippen molar-refractivity contribution in [1.29, 1.82) is 0 Å². The smallest absolute Gasteiger partial charge is 0.165 e. The van der Waals surface area contributed by atoms with Crippen LogP contribution in [0.25, 0.3) is 11.2 Å². The van der Waals surface area contributed by atoms with E-state index in [2.05, 4.69) is 9.97 Å². The zero-order chi connectivity index (χ0) is 15.9. The second kappa shape index (κ2) is 5.81. The Labute approximate surface area is 127 Å². The Balaban J connectivity index is 1.92. The van der Waals surface area contributed by atoms with Crippen LogP contribution in [-0.4, -0.2) is 54.3 Å². The van der Waals surface area contributed by atoms with Crippen molar-refractivity contribution in [2.45, 2.75) is 50.4 Å². The fourth-order valence-electron chi connectivity index (χ4n) is 2.83. The number of rotatable bonds is 4. The summed E-state index contributed by atoms with van der Waals surface area (Å²) in [5.74, 6) is 0. The van der Waals surface area contributed by atoms with Gasteiger partial charge in [0, 0.05) is 6.20 Å². The maximum absolute atomic E-state index is 10.3. The predicted molar refractivity (Wildman–Crippen MR) is 78.8 cm³/mol. The molecule has 120 valence electrons. The first-order valence-corrected chi connectivity index (χ1v) is 7.31. The van der Waals surface area contributed by atoms with Gasteiger partial charge in [-0.05, 0) is 12.5 Å². The Kier molecular flexibility index (Phi) is 4.00. The summed E-state index contributed by atoms with van der Waals surface area (Å²) >= 11 is 0. The topological polar surface area (TPSA) is 127 Å². The molecule has 1 fully saturated rings. The van der Waals surface area contributed by atoms with Crippen molar-refractivity contribution in [1.82, 2.24) is 14.5 Å². The molecule has 0 aliphatic carbocycles. The molecule has 0 saturated carbocycles. The number of aromatic nitrogens is 3. The molecule has 5 unspecified atom stereocenters. The van der Waals surface area contributed by atoms with E-state index in [-0.39, 0.29) is 0 Å². The lowest BCUT2D eigenvalue weighted by molar-refractivity contribution is -0.0854. The number of hydrogen-bond donors (Lipinski definition) is 4. The SMILES string of the molecule is CCCC(O)C1OC(n2cnc3c(N)ccnc32)C(O)C1O. The third-order valence-electron chi connectivity index (χ3n) is 4.01. The van der Waals surface area contributed by atoms with Gasteiger partial charge in [0.2, 0.25) is 0 Å². The molecule has 1 aliphatic heterocycles. The largest absolute Gasteiger partial charge is 0.397 e. The highest BCUT2D eigenvalue weighted by Crippen LogP contribution is 2.34. The van der Waals surface area contributed by atoms with Crippen LogP contribution in [0.4, 0.5) is 5.69 Å². The number of aliphatic hydroxyl groups is 3. The highest BCUT2D eigenvalue weighted by atomic mass is 16.6. The molecule has 0 bridgehead atoms. The van der Waals surface area contributed by atoms with E-state index in [9.17, 15) is 15.3 Å². The fourth-order valence-corrected chi connectivity index (χ4v) is 2.83. The molecule has 1 aliphatic rings. The first-order chi connectivity index (χ1) is 10.5. The van der Waals surface area contributed by atoms with E-state index < -0.39 is 30.6 Å². The number of nitrogens with zero attached hydrogens (tertiary/aromatic N) is 3. The van der Waals surface area contributed by atoms with Crippen LogP contribution in [0.15, 0.2) is 18.6 Å². The summed E-state index contributed by atoms with van der Waals surface area (Å²) in [6.45, 7) is 1.93. The van der Waals surface area contributed by atoms with Crippen molar-refractivity contribution in [2.75, 3.05) is 5.73 Å². The van der Waals surface area contributed by atoms with Gasteiger partial charge in [0.1, 0.15) is 23.8 Å². The minimum Gasteiger partial charge on any atom is -0.397 e. The van der Waals surface area contributed by atoms with E-state index in [4.69, 9.17) is 10.5 Å². The monoisotopic (exact) mass is 308 g/mol. The lowest BCUT2D eigenvalue weighted by Gasteiger charge is -2.20. The minimum atomic E-state index is -1.18. The highest BCUT2D eigenvalue weighted by Gasteiger charge is 2.46. The van der Waals surface area contributed by atoms with E-state index >= 15 is 0 Å². The molecule has 2 aromatic rings. The summed E-state index contributed by atoms with van der Waals surface area (Å²) in [7, 11) is 0. The summed E-state index contributed by atoms with van der Waals surface area (Å²) in [5, 5.41) is 30.4. The molecule has 0 spiro atoms. The third-order valence-corrected chi connectivity index (χ3v) is 4.01. The van der Waals surface area contributed by atoms with Gasteiger partial charge in [0.25, 0.3) is 0 Å². The first kappa shape index (κ1) is 15.2. The molecule has 3 heterocycles. The molecule has 2 aromatic heterocycles. The van der Waals surface area contributed by atoms with Gasteiger partial charge in [0.15, 0.2) is 11.9 Å². The van der Waals surface area contributed by atoms with Crippen molar-refractivity contribution in [3.8, 4) is 0 Å². The lowest BCUT2D eigenvalue weighted by atomic mass is 10.0. The molecule has 22 heavy (non-hydrogen) atoms. The first-order valence-electron chi connectivity index (χ1n) is 7.31. The molecule has 8 heteroatoms. The number of imidazole rings is 1. The average Bonchev–Trinajstić information content (AvgIpc) is 3.03. The van der Waals surface area contributed by atoms with E-state index in [1.54, 1.807) is 6.07 Å². The molecule has 8 nitrogen and oxygen atoms in total. The third kappa shape index (κ3) is 2.34. The van der Waals surface area contributed by atoms with Crippen molar-refractivity contribution >= 4 is 16.9 Å². The molecule has 5 N–H and O–H groups in total. The molecule has 5 atom stereocenters. The Morgan fingerprint density at radius 1 is 1.36 bits per heavy atom. The maximum atomic E-state index is 10.3. The van der Waals surface area contributed by atoms with Gasteiger partial charge in [-0.2, -0.15) is 0 Å². The van der Waals surface area contributed by atoms with Crippen molar-refractivity contribution in [3.05, 3.63) is 18.6 Å². The van der Waals surface area contributed by atoms with Gasteiger partial charge in [0.05, 0.1) is 18.1 Å². The van der Waals surface area contributed by atoms with Gasteiger partial charge >= 0.3 is 0 Å². The zero-order valence-electron chi connectivity index (χ0n) is 12.2. The molecule has 3 rings (SSSR count). The minimum absolute atomic E-state index is 0.460. The lowest BCUT2D eigenvalue weighted by Crippen LogP contribution is -2.38. The van der Waals surface area contributed by atoms with Crippen molar-refractivity contribution < 1.29 is 20.1 Å². The molecular formula is C14H20N4O4. The van der Waals surface area contributed by atoms with Gasteiger partial charge in [-0.1, -0.05) is 13.3 Å². The van der Waals surface area contributed by atoms with Crippen LogP contribution in [0.3, 0.4) is 0 Å². The van der Waals surface area contributed by atoms with Crippen LogP contribution in [0.2, 0.25) is 0 Å². The van der Waals surface area contributed by atoms with Crippen LogP contribution in [0.1, 0.15) is 26.0 Å². The number of pyridine rings is 1. The van der Waals surface area contributed by atoms with Crippen LogP contribution in [0.5, 0.6) is 0 Å². The van der Waals surface area contributed by atoms with E-state index in [0.717, 1.165) is 6.42 Å². The summed E-state index contributed by atoms with van der Waals surface area (Å²) in [6, 6.07) is 1.63. The number of anilines is 1. The zero-order valence-corrected chi connectivity index (χ0v) is 12.2. The quantitative estimate of drug-likeness (QED) is 0.615. The number of ether oxygens (including phenoxy) is 1. The maximum Gasteiger partial charge on any atom is 0.165 e. The van der Waals surface area contributed by atoms with Gasteiger partial charge in [-0.25, -0.2) is 9.97 Å². The fraction of sp³-hybridized carbons (Fsp3) is 0.571. The van der Waals surface area contributed by atoms with Crippen molar-refractivity contribution in [2.24, 2.45) is 0 Å². The van der Waals surface area contributed by atoms with E-state index in [1.807, 2.05) is 6.92 Å². The molecule has 0 amide bonds. The van der Waals surface area contributed by atoms with E-state index in [0.29, 0.717) is 23.3 Å². The second-order valence-electron chi connectivity index (χ2n) is 5.55. The van der Waals surface area contributed by atoms with Crippen LogP contribution < -0.4 is 5.73 Å². The summed E-state index contributed by atoms with van der Waals surface area (Å²) in [4.78, 5) is 8.37. The van der Waals surface area contributed by atoms with Crippen LogP contribution in [0, 0.1) is 0 Å².